The molecule has 0 aromatic rings. The molecule has 1 fully saturated rings. The van der Waals surface area contributed by atoms with Crippen molar-refractivity contribution in [2.75, 3.05) is 27.2 Å². The molecule has 1 N–H and O–H groups in total. The van der Waals surface area contributed by atoms with Crippen LogP contribution in [-0.4, -0.2) is 37.6 Å². The van der Waals surface area contributed by atoms with E-state index in [1.54, 1.807) is 0 Å². The van der Waals surface area contributed by atoms with Gasteiger partial charge in [-0.3, -0.25) is 0 Å². The van der Waals surface area contributed by atoms with Gasteiger partial charge in [-0.05, 0) is 52.2 Å². The molecule has 0 spiro atoms. The number of hydrogen-bond donors (Lipinski definition) is 1. The standard InChI is InChI=1S/C15H29N3/c1-14-8-7-9-15(12-14,18(2)3)13-17-11-6-4-5-10-16/h14,17H,4-9,11-13H2,1-3H3. The van der Waals surface area contributed by atoms with Crippen molar-refractivity contribution in [3.63, 3.8) is 0 Å². The highest BCUT2D eigenvalue weighted by atomic mass is 15.2. The number of nitrogens with zero attached hydrogens (tertiary/aromatic N) is 2. The lowest BCUT2D eigenvalue weighted by atomic mass is 9.75. The second-order valence-electron chi connectivity index (χ2n) is 6.11. The summed E-state index contributed by atoms with van der Waals surface area (Å²) < 4.78 is 0. The normalized spacial score (nSPS) is 28.3. The second kappa shape index (κ2) is 7.76. The number of nitriles is 1. The second-order valence-corrected chi connectivity index (χ2v) is 6.11. The number of nitrogens with one attached hydrogen (secondary N) is 1. The van der Waals surface area contributed by atoms with Gasteiger partial charge in [0.1, 0.15) is 0 Å². The van der Waals surface area contributed by atoms with Crippen molar-refractivity contribution in [3.05, 3.63) is 0 Å². The van der Waals surface area contributed by atoms with Crippen LogP contribution in [0.25, 0.3) is 0 Å². The van der Waals surface area contributed by atoms with E-state index >= 15 is 0 Å². The van der Waals surface area contributed by atoms with Crippen molar-refractivity contribution in [3.8, 4) is 6.07 Å². The topological polar surface area (TPSA) is 39.1 Å². The molecule has 1 aliphatic rings. The molecule has 18 heavy (non-hydrogen) atoms. The lowest BCUT2D eigenvalue weighted by molar-refractivity contribution is 0.0753. The molecule has 0 radical (unpaired) electrons. The van der Waals surface area contributed by atoms with Crippen LogP contribution in [0.5, 0.6) is 0 Å². The summed E-state index contributed by atoms with van der Waals surface area (Å²) in [7, 11) is 4.44. The smallest absolute Gasteiger partial charge is 0.0621 e. The van der Waals surface area contributed by atoms with Gasteiger partial charge in [0.15, 0.2) is 0 Å². The first-order chi connectivity index (χ1) is 8.60. The molecular formula is C15H29N3. The first-order valence-electron chi connectivity index (χ1n) is 7.36. The summed E-state index contributed by atoms with van der Waals surface area (Å²) in [6.45, 7) is 4.52. The van der Waals surface area contributed by atoms with Gasteiger partial charge in [0.2, 0.25) is 0 Å². The summed E-state index contributed by atoms with van der Waals surface area (Å²) in [5.41, 5.74) is 0.354. The third-order valence-corrected chi connectivity index (χ3v) is 4.36. The van der Waals surface area contributed by atoms with E-state index in [1.807, 2.05) is 0 Å². The Morgan fingerprint density at radius 3 is 2.78 bits per heavy atom. The average Bonchev–Trinajstić information content (AvgIpc) is 2.33. The van der Waals surface area contributed by atoms with Gasteiger partial charge in [-0.15, -0.1) is 0 Å². The van der Waals surface area contributed by atoms with Crippen LogP contribution in [0.3, 0.4) is 0 Å². The third-order valence-electron chi connectivity index (χ3n) is 4.36. The molecule has 2 atom stereocenters. The van der Waals surface area contributed by atoms with E-state index < -0.39 is 0 Å². The number of likely N-dealkylation sites (N-methyl/N-ethyl adjacent to an activating group) is 1. The molecular weight excluding hydrogens is 222 g/mol. The zero-order valence-corrected chi connectivity index (χ0v) is 12.3. The van der Waals surface area contributed by atoms with Crippen LogP contribution in [-0.2, 0) is 0 Å². The molecule has 0 saturated heterocycles. The molecule has 0 amide bonds. The van der Waals surface area contributed by atoms with Gasteiger partial charge in [-0.2, -0.15) is 5.26 Å². The van der Waals surface area contributed by atoms with Crippen molar-refractivity contribution in [1.82, 2.24) is 10.2 Å². The Hall–Kier alpha value is -0.590. The van der Waals surface area contributed by atoms with Gasteiger partial charge in [0.05, 0.1) is 6.07 Å². The van der Waals surface area contributed by atoms with Gasteiger partial charge in [-0.25, -0.2) is 0 Å². The van der Waals surface area contributed by atoms with Crippen LogP contribution in [0.4, 0.5) is 0 Å². The zero-order valence-electron chi connectivity index (χ0n) is 12.3. The van der Waals surface area contributed by atoms with Gasteiger partial charge in [0.25, 0.3) is 0 Å². The number of hydrogen-bond acceptors (Lipinski definition) is 3. The summed E-state index contributed by atoms with van der Waals surface area (Å²) >= 11 is 0. The fourth-order valence-corrected chi connectivity index (χ4v) is 3.13. The monoisotopic (exact) mass is 251 g/mol. The molecule has 104 valence electrons. The molecule has 2 unspecified atom stereocenters. The summed E-state index contributed by atoms with van der Waals surface area (Å²) in [4.78, 5) is 2.42. The maximum atomic E-state index is 8.49. The molecule has 0 aromatic heterocycles. The van der Waals surface area contributed by atoms with Crippen molar-refractivity contribution in [2.24, 2.45) is 5.92 Å². The SMILES string of the molecule is CC1CCCC(CNCCCCC#N)(N(C)C)C1. The molecule has 3 heteroatoms. The van der Waals surface area contributed by atoms with E-state index in [9.17, 15) is 0 Å². The quantitative estimate of drug-likeness (QED) is 0.707. The summed E-state index contributed by atoms with van der Waals surface area (Å²) in [6, 6.07) is 2.20. The van der Waals surface area contributed by atoms with E-state index in [0.29, 0.717) is 12.0 Å². The summed E-state index contributed by atoms with van der Waals surface area (Å²) in [5.74, 6) is 0.849. The Kier molecular flexibility index (Phi) is 6.67. The molecule has 1 aliphatic carbocycles. The number of rotatable bonds is 7. The first-order valence-corrected chi connectivity index (χ1v) is 7.36. The fraction of sp³-hybridized carbons (Fsp3) is 0.933. The van der Waals surface area contributed by atoms with Crippen LogP contribution in [0.1, 0.15) is 51.9 Å². The van der Waals surface area contributed by atoms with Crippen LogP contribution >= 0.6 is 0 Å². The Bertz CT molecular complexity index is 269. The highest BCUT2D eigenvalue weighted by Crippen LogP contribution is 2.35. The number of unbranched alkanes of at least 4 members (excludes halogenated alkanes) is 2. The van der Waals surface area contributed by atoms with Gasteiger partial charge >= 0.3 is 0 Å². The van der Waals surface area contributed by atoms with E-state index in [1.165, 1.54) is 25.7 Å². The van der Waals surface area contributed by atoms with E-state index in [2.05, 4.69) is 37.3 Å². The molecule has 1 rings (SSSR count). The van der Waals surface area contributed by atoms with E-state index in [-0.39, 0.29) is 0 Å². The van der Waals surface area contributed by atoms with Crippen molar-refractivity contribution < 1.29 is 0 Å². The highest BCUT2D eigenvalue weighted by Gasteiger charge is 2.36. The van der Waals surface area contributed by atoms with Crippen LogP contribution in [0.2, 0.25) is 0 Å². The summed E-state index contributed by atoms with van der Waals surface area (Å²) in [6.07, 6.45) is 8.20. The average molecular weight is 251 g/mol. The summed E-state index contributed by atoms with van der Waals surface area (Å²) in [5, 5.41) is 12.1. The van der Waals surface area contributed by atoms with Crippen LogP contribution in [0.15, 0.2) is 0 Å². The molecule has 0 aromatic carbocycles. The minimum Gasteiger partial charge on any atom is -0.315 e. The van der Waals surface area contributed by atoms with Crippen LogP contribution < -0.4 is 5.32 Å². The molecule has 0 aliphatic heterocycles. The lowest BCUT2D eigenvalue weighted by Crippen LogP contribution is -2.54. The maximum Gasteiger partial charge on any atom is 0.0621 e. The minimum absolute atomic E-state index is 0.354. The molecule has 1 saturated carbocycles. The predicted molar refractivity (Wildman–Crippen MR) is 76.4 cm³/mol. The van der Waals surface area contributed by atoms with Gasteiger partial charge in [0, 0.05) is 18.5 Å². The third kappa shape index (κ3) is 4.59. The zero-order chi connectivity index (χ0) is 13.4. The minimum atomic E-state index is 0.354. The Morgan fingerprint density at radius 1 is 1.39 bits per heavy atom. The highest BCUT2D eigenvalue weighted by molar-refractivity contribution is 4.94. The van der Waals surface area contributed by atoms with E-state index in [4.69, 9.17) is 5.26 Å². The van der Waals surface area contributed by atoms with Gasteiger partial charge < -0.3 is 10.2 Å². The van der Waals surface area contributed by atoms with Crippen molar-refractivity contribution in [1.29, 1.82) is 5.26 Å². The van der Waals surface area contributed by atoms with Crippen LogP contribution in [0, 0.1) is 17.2 Å². The lowest BCUT2D eigenvalue weighted by Gasteiger charge is -2.45. The van der Waals surface area contributed by atoms with Crippen molar-refractivity contribution >= 4 is 0 Å². The molecule has 3 nitrogen and oxygen atoms in total. The maximum absolute atomic E-state index is 8.49. The Morgan fingerprint density at radius 2 is 2.17 bits per heavy atom. The molecule has 0 heterocycles. The Labute approximate surface area is 113 Å². The van der Waals surface area contributed by atoms with Crippen molar-refractivity contribution in [2.45, 2.75) is 57.4 Å². The fourth-order valence-electron chi connectivity index (χ4n) is 3.13. The first kappa shape index (κ1) is 15.5. The predicted octanol–water partition coefficient (Wildman–Crippen LogP) is 2.78. The van der Waals surface area contributed by atoms with E-state index in [0.717, 1.165) is 31.8 Å². The Balaban J connectivity index is 2.32. The van der Waals surface area contributed by atoms with Gasteiger partial charge in [-0.1, -0.05) is 19.8 Å². The molecule has 0 bridgehead atoms. The largest absolute Gasteiger partial charge is 0.315 e.